The van der Waals surface area contributed by atoms with Crippen LogP contribution in [0.25, 0.3) is 10.9 Å². The third-order valence-electron chi connectivity index (χ3n) is 5.67. The van der Waals surface area contributed by atoms with Gasteiger partial charge in [-0.25, -0.2) is 4.98 Å². The summed E-state index contributed by atoms with van der Waals surface area (Å²) < 4.78 is 1.67. The van der Waals surface area contributed by atoms with Crippen LogP contribution in [0.1, 0.15) is 65.5 Å². The zero-order valence-electron chi connectivity index (χ0n) is 20.6. The lowest BCUT2D eigenvalue weighted by atomic mass is 10.0. The number of benzene rings is 2. The summed E-state index contributed by atoms with van der Waals surface area (Å²) in [4.78, 5) is 43.5. The van der Waals surface area contributed by atoms with Gasteiger partial charge < -0.3 is 5.32 Å². The lowest BCUT2D eigenvalue weighted by Gasteiger charge is -2.15. The second-order valence-electron chi connectivity index (χ2n) is 9.05. The monoisotopic (exact) mass is 479 g/mol. The highest BCUT2D eigenvalue weighted by atomic mass is 32.2. The Morgan fingerprint density at radius 1 is 1.12 bits per heavy atom. The molecule has 1 heterocycles. The molecule has 3 aromatic rings. The number of ketones is 1. The number of hydrogen-bond acceptors (Lipinski definition) is 5. The molecule has 6 nitrogen and oxygen atoms in total. The minimum atomic E-state index is -0.186. The van der Waals surface area contributed by atoms with Gasteiger partial charge in [0.1, 0.15) is 0 Å². The number of aromatic nitrogens is 2. The van der Waals surface area contributed by atoms with E-state index in [1.807, 2.05) is 39.0 Å². The Morgan fingerprint density at radius 2 is 1.88 bits per heavy atom. The molecule has 0 saturated heterocycles. The van der Waals surface area contributed by atoms with Crippen LogP contribution >= 0.6 is 11.8 Å². The van der Waals surface area contributed by atoms with Crippen molar-refractivity contribution in [3.05, 3.63) is 69.0 Å². The quantitative estimate of drug-likeness (QED) is 0.246. The van der Waals surface area contributed by atoms with Gasteiger partial charge in [-0.1, -0.05) is 50.2 Å². The summed E-state index contributed by atoms with van der Waals surface area (Å²) in [6.45, 7) is 11.2. The summed E-state index contributed by atoms with van der Waals surface area (Å²) >= 11 is 1.28. The summed E-state index contributed by atoms with van der Waals surface area (Å²) in [6.07, 6.45) is 1.66. The van der Waals surface area contributed by atoms with Crippen molar-refractivity contribution in [2.24, 2.45) is 5.92 Å². The van der Waals surface area contributed by atoms with Gasteiger partial charge in [-0.15, -0.1) is 0 Å². The number of nitrogens with one attached hydrogen (secondary N) is 1. The van der Waals surface area contributed by atoms with Gasteiger partial charge in [0, 0.05) is 24.2 Å². The largest absolute Gasteiger partial charge is 0.352 e. The third-order valence-corrected chi connectivity index (χ3v) is 6.65. The number of Topliss-reactive ketones (excluding diaryl/α,β-unsaturated/α-hetero) is 1. The van der Waals surface area contributed by atoms with Crippen LogP contribution in [0.15, 0.2) is 46.3 Å². The lowest BCUT2D eigenvalue weighted by molar-refractivity contribution is 0.0952. The Balaban J connectivity index is 1.97. The van der Waals surface area contributed by atoms with Gasteiger partial charge >= 0.3 is 0 Å². The zero-order valence-corrected chi connectivity index (χ0v) is 21.4. The predicted octanol–water partition coefficient (Wildman–Crippen LogP) is 5.17. The molecule has 0 saturated carbocycles. The number of amides is 1. The van der Waals surface area contributed by atoms with E-state index in [2.05, 4.69) is 19.2 Å². The van der Waals surface area contributed by atoms with Crippen LogP contribution in [0.4, 0.5) is 0 Å². The molecule has 0 aliphatic heterocycles. The average Bonchev–Trinajstić information content (AvgIpc) is 2.81. The van der Waals surface area contributed by atoms with Gasteiger partial charge in [0.15, 0.2) is 10.9 Å². The van der Waals surface area contributed by atoms with E-state index in [4.69, 9.17) is 4.98 Å². The maximum atomic E-state index is 13.4. The molecule has 0 radical (unpaired) electrons. The number of hydrogen-bond donors (Lipinski definition) is 1. The first-order valence-electron chi connectivity index (χ1n) is 11.8. The maximum Gasteiger partial charge on any atom is 0.262 e. The SMILES string of the molecule is CCCNC(=O)c1ccc2c(=O)n(CCC(C)C)c(SCC(=O)c3cc(C)ccc3C)nc2c1. The van der Waals surface area contributed by atoms with E-state index in [0.717, 1.165) is 24.0 Å². The zero-order chi connectivity index (χ0) is 24.8. The Bertz CT molecular complexity index is 1260. The first-order chi connectivity index (χ1) is 16.2. The minimum Gasteiger partial charge on any atom is -0.352 e. The molecule has 7 heteroatoms. The van der Waals surface area contributed by atoms with E-state index >= 15 is 0 Å². The van der Waals surface area contributed by atoms with Crippen LogP contribution in [-0.4, -0.2) is 33.5 Å². The summed E-state index contributed by atoms with van der Waals surface area (Å²) in [5, 5.41) is 3.83. The number of rotatable bonds is 10. The normalized spacial score (nSPS) is 11.2. The molecule has 1 amide bonds. The first kappa shape index (κ1) is 25.7. The minimum absolute atomic E-state index is 0.00338. The second kappa shape index (κ2) is 11.5. The predicted molar refractivity (Wildman–Crippen MR) is 139 cm³/mol. The fraction of sp³-hybridized carbons (Fsp3) is 0.407. The van der Waals surface area contributed by atoms with Crippen molar-refractivity contribution < 1.29 is 9.59 Å². The van der Waals surface area contributed by atoms with Crippen molar-refractivity contribution in [1.82, 2.24) is 14.9 Å². The molecule has 0 aliphatic rings. The van der Waals surface area contributed by atoms with Gasteiger partial charge in [-0.2, -0.15) is 0 Å². The molecule has 0 atom stereocenters. The average molecular weight is 480 g/mol. The number of fused-ring (bicyclic) bond motifs is 1. The number of carbonyl (C=O) groups is 2. The van der Waals surface area contributed by atoms with E-state index < -0.39 is 0 Å². The van der Waals surface area contributed by atoms with E-state index in [-0.39, 0.29) is 23.0 Å². The molecular formula is C27H33N3O3S. The van der Waals surface area contributed by atoms with Crippen LogP contribution in [0.5, 0.6) is 0 Å². The molecule has 0 bridgehead atoms. The Labute approximate surface area is 205 Å². The smallest absolute Gasteiger partial charge is 0.262 e. The Kier molecular flexibility index (Phi) is 8.67. The highest BCUT2D eigenvalue weighted by Crippen LogP contribution is 2.22. The molecule has 0 fully saturated rings. The van der Waals surface area contributed by atoms with Gasteiger partial charge in [-0.3, -0.25) is 19.0 Å². The fourth-order valence-electron chi connectivity index (χ4n) is 3.62. The fourth-order valence-corrected chi connectivity index (χ4v) is 4.53. The summed E-state index contributed by atoms with van der Waals surface area (Å²) in [5.74, 6) is 0.416. The third kappa shape index (κ3) is 6.14. The van der Waals surface area contributed by atoms with Crippen LogP contribution in [0.2, 0.25) is 0 Å². The van der Waals surface area contributed by atoms with Gasteiger partial charge in [0.25, 0.3) is 11.5 Å². The molecular weight excluding hydrogens is 446 g/mol. The van der Waals surface area contributed by atoms with Crippen molar-refractivity contribution in [2.45, 2.75) is 59.2 Å². The van der Waals surface area contributed by atoms with E-state index in [9.17, 15) is 14.4 Å². The van der Waals surface area contributed by atoms with Crippen molar-refractivity contribution in [3.8, 4) is 0 Å². The molecule has 1 N–H and O–H groups in total. The van der Waals surface area contributed by atoms with Gasteiger partial charge in [0.05, 0.1) is 16.7 Å². The molecule has 3 rings (SSSR count). The van der Waals surface area contributed by atoms with Crippen molar-refractivity contribution >= 4 is 34.4 Å². The highest BCUT2D eigenvalue weighted by Gasteiger charge is 2.17. The van der Waals surface area contributed by atoms with Crippen molar-refractivity contribution in [2.75, 3.05) is 12.3 Å². The topological polar surface area (TPSA) is 81.1 Å². The molecule has 0 unspecified atom stereocenters. The molecule has 34 heavy (non-hydrogen) atoms. The van der Waals surface area contributed by atoms with Crippen LogP contribution in [0, 0.1) is 19.8 Å². The molecule has 180 valence electrons. The van der Waals surface area contributed by atoms with Crippen molar-refractivity contribution in [3.63, 3.8) is 0 Å². The second-order valence-corrected chi connectivity index (χ2v) is 9.99. The number of carbonyl (C=O) groups excluding carboxylic acids is 2. The van der Waals surface area contributed by atoms with E-state index in [1.165, 1.54) is 11.8 Å². The standard InChI is InChI=1S/C27H33N3O3S/c1-6-12-28-25(32)20-9-10-21-23(15-20)29-27(30(26(21)33)13-11-17(2)3)34-16-24(31)22-14-18(4)7-8-19(22)5/h7-10,14-15,17H,6,11-13,16H2,1-5H3,(H,28,32). The molecule has 1 aromatic heterocycles. The van der Waals surface area contributed by atoms with E-state index in [0.29, 0.717) is 46.2 Å². The number of thioether (sulfide) groups is 1. The summed E-state index contributed by atoms with van der Waals surface area (Å²) in [7, 11) is 0. The first-order valence-corrected chi connectivity index (χ1v) is 12.8. The Hall–Kier alpha value is -2.93. The summed E-state index contributed by atoms with van der Waals surface area (Å²) in [6, 6.07) is 10.8. The van der Waals surface area contributed by atoms with Crippen LogP contribution in [-0.2, 0) is 6.54 Å². The number of nitrogens with zero attached hydrogens (tertiary/aromatic N) is 2. The van der Waals surface area contributed by atoms with Gasteiger partial charge in [-0.05, 0) is 62.4 Å². The number of aryl methyl sites for hydroxylation is 2. The maximum absolute atomic E-state index is 13.4. The molecule has 0 spiro atoms. The van der Waals surface area contributed by atoms with Crippen LogP contribution in [0.3, 0.4) is 0 Å². The van der Waals surface area contributed by atoms with Crippen LogP contribution < -0.4 is 10.9 Å². The molecule has 2 aromatic carbocycles. The van der Waals surface area contributed by atoms with E-state index in [1.54, 1.807) is 22.8 Å². The van der Waals surface area contributed by atoms with Crippen molar-refractivity contribution in [1.29, 1.82) is 0 Å². The summed E-state index contributed by atoms with van der Waals surface area (Å²) in [5.41, 5.74) is 3.45. The Morgan fingerprint density at radius 3 is 2.59 bits per heavy atom. The molecule has 0 aliphatic carbocycles. The highest BCUT2D eigenvalue weighted by molar-refractivity contribution is 7.99. The lowest BCUT2D eigenvalue weighted by Crippen LogP contribution is -2.26. The van der Waals surface area contributed by atoms with Gasteiger partial charge in [0.2, 0.25) is 0 Å².